The lowest BCUT2D eigenvalue weighted by atomic mass is 9.83. The SMILES string of the molecule is CCCCC(CC)CC(NCCC)C(C)(CC)OC. The van der Waals surface area contributed by atoms with Gasteiger partial charge in [0.1, 0.15) is 0 Å². The summed E-state index contributed by atoms with van der Waals surface area (Å²) in [4.78, 5) is 0. The topological polar surface area (TPSA) is 21.3 Å². The molecule has 0 aromatic carbocycles. The molecule has 0 fully saturated rings. The standard InChI is InChI=1S/C17H37NO/c1-7-11-12-15(9-3)14-16(18-13-8-2)17(5,10-4)19-6/h15-16,18H,7-14H2,1-6H3. The molecule has 19 heavy (non-hydrogen) atoms. The second-order valence-corrected chi connectivity index (χ2v) is 6.03. The molecule has 2 nitrogen and oxygen atoms in total. The summed E-state index contributed by atoms with van der Waals surface area (Å²) in [6.07, 6.45) is 8.80. The van der Waals surface area contributed by atoms with Crippen LogP contribution in [0.1, 0.15) is 79.6 Å². The summed E-state index contributed by atoms with van der Waals surface area (Å²) in [6.45, 7) is 12.4. The normalized spacial score (nSPS) is 18.0. The van der Waals surface area contributed by atoms with Crippen LogP contribution in [0.3, 0.4) is 0 Å². The van der Waals surface area contributed by atoms with E-state index in [1.165, 1.54) is 38.5 Å². The Hall–Kier alpha value is -0.0800. The predicted octanol–water partition coefficient (Wildman–Crippen LogP) is 4.78. The van der Waals surface area contributed by atoms with Crippen LogP contribution in [0.25, 0.3) is 0 Å². The van der Waals surface area contributed by atoms with Crippen molar-refractivity contribution in [1.82, 2.24) is 5.32 Å². The molecule has 2 heteroatoms. The molecule has 0 bridgehead atoms. The van der Waals surface area contributed by atoms with Crippen LogP contribution in [-0.2, 0) is 4.74 Å². The lowest BCUT2D eigenvalue weighted by Gasteiger charge is -2.38. The monoisotopic (exact) mass is 271 g/mol. The molecule has 0 aromatic heterocycles. The van der Waals surface area contributed by atoms with Crippen LogP contribution in [0, 0.1) is 5.92 Å². The van der Waals surface area contributed by atoms with Crippen molar-refractivity contribution in [2.24, 2.45) is 5.92 Å². The zero-order valence-electron chi connectivity index (χ0n) is 14.2. The van der Waals surface area contributed by atoms with Crippen molar-refractivity contribution in [3.05, 3.63) is 0 Å². The van der Waals surface area contributed by atoms with Crippen molar-refractivity contribution in [2.45, 2.75) is 91.2 Å². The zero-order valence-corrected chi connectivity index (χ0v) is 14.2. The second kappa shape index (κ2) is 10.7. The lowest BCUT2D eigenvalue weighted by Crippen LogP contribution is -2.51. The van der Waals surface area contributed by atoms with E-state index in [1.54, 1.807) is 0 Å². The van der Waals surface area contributed by atoms with Crippen molar-refractivity contribution in [2.75, 3.05) is 13.7 Å². The molecule has 0 amide bonds. The third-order valence-electron chi connectivity index (χ3n) is 4.66. The van der Waals surface area contributed by atoms with Gasteiger partial charge < -0.3 is 10.1 Å². The third-order valence-corrected chi connectivity index (χ3v) is 4.66. The Morgan fingerprint density at radius 1 is 1.11 bits per heavy atom. The van der Waals surface area contributed by atoms with Crippen LogP contribution in [0.4, 0.5) is 0 Å². The van der Waals surface area contributed by atoms with E-state index in [1.807, 2.05) is 7.11 Å². The van der Waals surface area contributed by atoms with Crippen molar-refractivity contribution in [3.8, 4) is 0 Å². The van der Waals surface area contributed by atoms with Gasteiger partial charge in [0.2, 0.25) is 0 Å². The van der Waals surface area contributed by atoms with Gasteiger partial charge >= 0.3 is 0 Å². The molecule has 0 aliphatic rings. The van der Waals surface area contributed by atoms with E-state index >= 15 is 0 Å². The number of methoxy groups -OCH3 is 1. The first kappa shape index (κ1) is 18.9. The summed E-state index contributed by atoms with van der Waals surface area (Å²) in [5.41, 5.74) is -0.0329. The highest BCUT2D eigenvalue weighted by Gasteiger charge is 2.33. The summed E-state index contributed by atoms with van der Waals surface area (Å²) in [6, 6.07) is 0.476. The molecule has 0 aliphatic heterocycles. The maximum Gasteiger partial charge on any atom is 0.0800 e. The van der Waals surface area contributed by atoms with Crippen molar-refractivity contribution in [3.63, 3.8) is 0 Å². The molecule has 116 valence electrons. The second-order valence-electron chi connectivity index (χ2n) is 6.03. The molecule has 0 spiro atoms. The van der Waals surface area contributed by atoms with Crippen molar-refractivity contribution >= 4 is 0 Å². The quantitative estimate of drug-likeness (QED) is 0.552. The Kier molecular flexibility index (Phi) is 10.6. The number of hydrogen-bond acceptors (Lipinski definition) is 2. The zero-order chi connectivity index (χ0) is 14.7. The number of nitrogens with one attached hydrogen (secondary N) is 1. The molecule has 3 atom stereocenters. The molecule has 0 heterocycles. The van der Waals surface area contributed by atoms with Crippen molar-refractivity contribution < 1.29 is 4.74 Å². The molecular weight excluding hydrogens is 234 g/mol. The predicted molar refractivity (Wildman–Crippen MR) is 85.7 cm³/mol. The number of unbranched alkanes of at least 4 members (excludes halogenated alkanes) is 1. The minimum atomic E-state index is -0.0329. The number of ether oxygens (including phenoxy) is 1. The fourth-order valence-corrected chi connectivity index (χ4v) is 2.71. The van der Waals surface area contributed by atoms with Crippen LogP contribution >= 0.6 is 0 Å². The van der Waals surface area contributed by atoms with Crippen LogP contribution in [0.15, 0.2) is 0 Å². The van der Waals surface area contributed by atoms with E-state index in [4.69, 9.17) is 4.74 Å². The molecule has 0 aliphatic carbocycles. The largest absolute Gasteiger partial charge is 0.377 e. The van der Waals surface area contributed by atoms with Gasteiger partial charge in [-0.3, -0.25) is 0 Å². The molecule has 0 rings (SSSR count). The van der Waals surface area contributed by atoms with E-state index in [9.17, 15) is 0 Å². The van der Waals surface area contributed by atoms with Crippen molar-refractivity contribution in [1.29, 1.82) is 0 Å². The molecular formula is C17H37NO. The third kappa shape index (κ3) is 6.76. The van der Waals surface area contributed by atoms with Crippen LogP contribution < -0.4 is 5.32 Å². The van der Waals surface area contributed by atoms with Crippen LogP contribution in [-0.4, -0.2) is 25.3 Å². The van der Waals surface area contributed by atoms with Gasteiger partial charge in [-0.15, -0.1) is 0 Å². The first-order valence-corrected chi connectivity index (χ1v) is 8.36. The Morgan fingerprint density at radius 2 is 1.79 bits per heavy atom. The van der Waals surface area contributed by atoms with Gasteiger partial charge in [-0.05, 0) is 38.6 Å². The molecule has 0 saturated carbocycles. The van der Waals surface area contributed by atoms with Gasteiger partial charge in [-0.25, -0.2) is 0 Å². The van der Waals surface area contributed by atoms with E-state index < -0.39 is 0 Å². The van der Waals surface area contributed by atoms with E-state index in [2.05, 4.69) is 39.9 Å². The number of hydrogen-bond donors (Lipinski definition) is 1. The maximum absolute atomic E-state index is 5.83. The van der Waals surface area contributed by atoms with Gasteiger partial charge in [0.05, 0.1) is 5.60 Å². The van der Waals surface area contributed by atoms with E-state index in [0.29, 0.717) is 6.04 Å². The average molecular weight is 271 g/mol. The first-order valence-electron chi connectivity index (χ1n) is 8.36. The van der Waals surface area contributed by atoms with Crippen LogP contribution in [0.2, 0.25) is 0 Å². The summed E-state index contributed by atoms with van der Waals surface area (Å²) < 4.78 is 5.83. The molecule has 3 unspecified atom stereocenters. The molecule has 0 saturated heterocycles. The molecule has 1 N–H and O–H groups in total. The smallest absolute Gasteiger partial charge is 0.0800 e. The summed E-state index contributed by atoms with van der Waals surface area (Å²) in [7, 11) is 1.86. The number of rotatable bonds is 12. The maximum atomic E-state index is 5.83. The first-order chi connectivity index (χ1) is 9.07. The van der Waals surface area contributed by atoms with Crippen LogP contribution in [0.5, 0.6) is 0 Å². The summed E-state index contributed by atoms with van der Waals surface area (Å²) in [5.74, 6) is 0.829. The Bertz CT molecular complexity index is 201. The Morgan fingerprint density at radius 3 is 2.21 bits per heavy atom. The minimum Gasteiger partial charge on any atom is -0.377 e. The van der Waals surface area contributed by atoms with Gasteiger partial charge in [-0.1, -0.05) is 53.4 Å². The lowest BCUT2D eigenvalue weighted by molar-refractivity contribution is -0.0355. The van der Waals surface area contributed by atoms with Gasteiger partial charge in [-0.2, -0.15) is 0 Å². The molecule has 0 aromatic rings. The highest BCUT2D eigenvalue weighted by atomic mass is 16.5. The summed E-state index contributed by atoms with van der Waals surface area (Å²) in [5, 5.41) is 3.73. The molecule has 0 radical (unpaired) electrons. The fourth-order valence-electron chi connectivity index (χ4n) is 2.71. The highest BCUT2D eigenvalue weighted by Crippen LogP contribution is 2.28. The van der Waals surface area contributed by atoms with E-state index in [-0.39, 0.29) is 5.60 Å². The van der Waals surface area contributed by atoms with Gasteiger partial charge in [0, 0.05) is 13.2 Å². The average Bonchev–Trinajstić information content (AvgIpc) is 2.45. The van der Waals surface area contributed by atoms with Gasteiger partial charge in [0.15, 0.2) is 0 Å². The highest BCUT2D eigenvalue weighted by molar-refractivity contribution is 4.89. The summed E-state index contributed by atoms with van der Waals surface area (Å²) >= 11 is 0. The van der Waals surface area contributed by atoms with Gasteiger partial charge in [0.25, 0.3) is 0 Å². The fraction of sp³-hybridized carbons (Fsp3) is 1.00. The minimum absolute atomic E-state index is 0.0329. The Labute approximate surface area is 121 Å². The van der Waals surface area contributed by atoms with E-state index in [0.717, 1.165) is 18.9 Å². The Balaban J connectivity index is 4.63.